The van der Waals surface area contributed by atoms with Crippen LogP contribution in [0.15, 0.2) is 0 Å². The second-order valence-electron chi connectivity index (χ2n) is 4.69. The van der Waals surface area contributed by atoms with Crippen molar-refractivity contribution in [2.75, 3.05) is 59.2 Å². The van der Waals surface area contributed by atoms with E-state index in [2.05, 4.69) is 17.1 Å². The van der Waals surface area contributed by atoms with Gasteiger partial charge in [-0.1, -0.05) is 6.92 Å². The molecule has 116 valence electrons. The van der Waals surface area contributed by atoms with Gasteiger partial charge in [-0.2, -0.15) is 0 Å². The van der Waals surface area contributed by atoms with Crippen molar-refractivity contribution in [2.45, 2.75) is 40.0 Å². The Morgan fingerprint density at radius 1 is 0.789 bits per heavy atom. The first-order valence-corrected chi connectivity index (χ1v) is 7.93. The molecule has 0 amide bonds. The van der Waals surface area contributed by atoms with E-state index in [-0.39, 0.29) is 0 Å². The van der Waals surface area contributed by atoms with Gasteiger partial charge in [0.25, 0.3) is 0 Å². The van der Waals surface area contributed by atoms with Crippen LogP contribution in [0.2, 0.25) is 0 Å². The molecule has 0 saturated heterocycles. The Morgan fingerprint density at radius 2 is 1.42 bits per heavy atom. The number of unbranched alkanes of at least 4 members (excludes halogenated alkanes) is 1. The Balaban J connectivity index is 3.58. The summed E-state index contributed by atoms with van der Waals surface area (Å²) < 4.78 is 10.9. The molecule has 0 aromatic carbocycles. The van der Waals surface area contributed by atoms with E-state index in [1.54, 1.807) is 0 Å². The van der Waals surface area contributed by atoms with Gasteiger partial charge >= 0.3 is 0 Å². The normalized spacial score (nSPS) is 11.4. The maximum Gasteiger partial charge on any atom is 0.0593 e. The Bertz CT molecular complexity index is 158. The van der Waals surface area contributed by atoms with Crippen LogP contribution in [-0.2, 0) is 9.47 Å². The number of hydrogen-bond acceptors (Lipinski definition) is 4. The molecule has 0 heterocycles. The van der Waals surface area contributed by atoms with Crippen molar-refractivity contribution >= 4 is 0 Å². The second-order valence-corrected chi connectivity index (χ2v) is 4.69. The summed E-state index contributed by atoms with van der Waals surface area (Å²) >= 11 is 0. The molecule has 19 heavy (non-hydrogen) atoms. The van der Waals surface area contributed by atoms with Gasteiger partial charge in [-0.25, -0.2) is 0 Å². The largest absolute Gasteiger partial charge is 0.380 e. The Hall–Kier alpha value is -0.160. The summed E-state index contributed by atoms with van der Waals surface area (Å²) in [7, 11) is 0. The van der Waals surface area contributed by atoms with Gasteiger partial charge in [0, 0.05) is 26.3 Å². The third kappa shape index (κ3) is 14.1. The minimum absolute atomic E-state index is 0.806. The minimum atomic E-state index is 0.806. The van der Waals surface area contributed by atoms with E-state index in [1.165, 1.54) is 19.3 Å². The molecule has 0 radical (unpaired) electrons. The van der Waals surface area contributed by atoms with Crippen molar-refractivity contribution in [2.24, 2.45) is 0 Å². The number of nitrogens with one attached hydrogen (secondary N) is 1. The zero-order chi connectivity index (χ0) is 14.2. The van der Waals surface area contributed by atoms with E-state index in [0.717, 1.165) is 59.2 Å². The molecule has 0 aromatic rings. The zero-order valence-electron chi connectivity index (χ0n) is 13.2. The van der Waals surface area contributed by atoms with Gasteiger partial charge < -0.3 is 14.8 Å². The van der Waals surface area contributed by atoms with Crippen LogP contribution in [0.1, 0.15) is 40.0 Å². The van der Waals surface area contributed by atoms with Crippen LogP contribution in [0.5, 0.6) is 0 Å². The average Bonchev–Trinajstić information content (AvgIpc) is 2.42. The van der Waals surface area contributed by atoms with Crippen LogP contribution in [-0.4, -0.2) is 64.1 Å². The minimum Gasteiger partial charge on any atom is -0.380 e. The number of rotatable bonds is 15. The molecular formula is C15H34N2O2. The van der Waals surface area contributed by atoms with Crippen LogP contribution in [0.4, 0.5) is 0 Å². The summed E-state index contributed by atoms with van der Waals surface area (Å²) in [5, 5.41) is 3.45. The zero-order valence-corrected chi connectivity index (χ0v) is 13.2. The van der Waals surface area contributed by atoms with Crippen LogP contribution in [0, 0.1) is 0 Å². The summed E-state index contributed by atoms with van der Waals surface area (Å²) in [5.74, 6) is 0. The Kier molecular flexibility index (Phi) is 15.8. The fourth-order valence-electron chi connectivity index (χ4n) is 1.90. The highest BCUT2D eigenvalue weighted by molar-refractivity contribution is 4.58. The second kappa shape index (κ2) is 15.9. The molecule has 0 aliphatic heterocycles. The molecule has 0 atom stereocenters. The van der Waals surface area contributed by atoms with Crippen LogP contribution >= 0.6 is 0 Å². The van der Waals surface area contributed by atoms with Crippen molar-refractivity contribution in [3.63, 3.8) is 0 Å². The Morgan fingerprint density at radius 3 is 1.95 bits per heavy atom. The average molecular weight is 274 g/mol. The molecule has 0 spiro atoms. The van der Waals surface area contributed by atoms with Crippen molar-refractivity contribution in [1.82, 2.24) is 10.2 Å². The number of ether oxygens (including phenoxy) is 2. The molecule has 0 aliphatic rings. The standard InChI is InChI=1S/C15H34N2O2/c1-4-9-16-10-7-8-11-17(12-14-18-5-2)13-15-19-6-3/h16H,4-15H2,1-3H3. The highest BCUT2D eigenvalue weighted by Crippen LogP contribution is 1.96. The van der Waals surface area contributed by atoms with Gasteiger partial charge in [0.05, 0.1) is 13.2 Å². The maximum atomic E-state index is 5.43. The van der Waals surface area contributed by atoms with E-state index < -0.39 is 0 Å². The van der Waals surface area contributed by atoms with E-state index in [4.69, 9.17) is 9.47 Å². The van der Waals surface area contributed by atoms with E-state index in [1.807, 2.05) is 13.8 Å². The van der Waals surface area contributed by atoms with Crippen molar-refractivity contribution < 1.29 is 9.47 Å². The summed E-state index contributed by atoms with van der Waals surface area (Å²) in [4.78, 5) is 2.45. The van der Waals surface area contributed by atoms with Crippen LogP contribution < -0.4 is 5.32 Å². The van der Waals surface area contributed by atoms with Gasteiger partial charge in [0.2, 0.25) is 0 Å². The van der Waals surface area contributed by atoms with E-state index in [0.29, 0.717) is 0 Å². The topological polar surface area (TPSA) is 33.7 Å². The molecule has 1 N–H and O–H groups in total. The highest BCUT2D eigenvalue weighted by Gasteiger charge is 2.04. The van der Waals surface area contributed by atoms with E-state index in [9.17, 15) is 0 Å². The van der Waals surface area contributed by atoms with Gasteiger partial charge in [-0.15, -0.1) is 0 Å². The van der Waals surface area contributed by atoms with Gasteiger partial charge in [-0.3, -0.25) is 4.90 Å². The lowest BCUT2D eigenvalue weighted by Gasteiger charge is -2.22. The molecule has 0 bridgehead atoms. The first kappa shape index (κ1) is 18.8. The lowest BCUT2D eigenvalue weighted by atomic mass is 10.3. The molecule has 4 heteroatoms. The van der Waals surface area contributed by atoms with Gasteiger partial charge in [0.1, 0.15) is 0 Å². The van der Waals surface area contributed by atoms with E-state index >= 15 is 0 Å². The highest BCUT2D eigenvalue weighted by atomic mass is 16.5. The first-order chi connectivity index (χ1) is 9.35. The summed E-state index contributed by atoms with van der Waals surface area (Å²) in [6, 6.07) is 0. The molecular weight excluding hydrogens is 240 g/mol. The third-order valence-electron chi connectivity index (χ3n) is 3.02. The molecule has 4 nitrogen and oxygen atoms in total. The molecule has 0 aromatic heterocycles. The smallest absolute Gasteiger partial charge is 0.0593 e. The lowest BCUT2D eigenvalue weighted by molar-refractivity contribution is 0.0821. The summed E-state index contributed by atoms with van der Waals surface area (Å²) in [5.41, 5.74) is 0. The maximum absolute atomic E-state index is 5.43. The van der Waals surface area contributed by atoms with Crippen molar-refractivity contribution in [1.29, 1.82) is 0 Å². The molecule has 0 fully saturated rings. The molecule has 0 unspecified atom stereocenters. The van der Waals surface area contributed by atoms with Crippen molar-refractivity contribution in [3.8, 4) is 0 Å². The van der Waals surface area contributed by atoms with Crippen LogP contribution in [0.3, 0.4) is 0 Å². The number of hydrogen-bond donors (Lipinski definition) is 1. The number of nitrogens with zero attached hydrogens (tertiary/aromatic N) is 1. The quantitative estimate of drug-likeness (QED) is 0.464. The summed E-state index contributed by atoms with van der Waals surface area (Å²) in [6.07, 6.45) is 3.71. The van der Waals surface area contributed by atoms with Gasteiger partial charge in [-0.05, 0) is 52.7 Å². The first-order valence-electron chi connectivity index (χ1n) is 7.93. The fraction of sp³-hybridized carbons (Fsp3) is 1.00. The fourth-order valence-corrected chi connectivity index (χ4v) is 1.90. The monoisotopic (exact) mass is 274 g/mol. The molecule has 0 rings (SSSR count). The van der Waals surface area contributed by atoms with Crippen LogP contribution in [0.25, 0.3) is 0 Å². The predicted octanol–water partition coefficient (Wildman–Crippen LogP) is 2.14. The molecule has 0 aliphatic carbocycles. The molecule has 0 saturated carbocycles. The third-order valence-corrected chi connectivity index (χ3v) is 3.02. The summed E-state index contributed by atoms with van der Waals surface area (Å²) in [6.45, 7) is 15.0. The lowest BCUT2D eigenvalue weighted by Crippen LogP contribution is -2.32. The SMILES string of the molecule is CCCNCCCCN(CCOCC)CCOCC. The Labute approximate surface area is 119 Å². The van der Waals surface area contributed by atoms with Gasteiger partial charge in [0.15, 0.2) is 0 Å². The van der Waals surface area contributed by atoms with Crippen molar-refractivity contribution in [3.05, 3.63) is 0 Å². The predicted molar refractivity (Wildman–Crippen MR) is 81.8 cm³/mol.